The summed E-state index contributed by atoms with van der Waals surface area (Å²) >= 11 is 0. The zero-order valence-corrected chi connectivity index (χ0v) is 11.6. The molecule has 106 valence electrons. The number of hydrogen-bond acceptors (Lipinski definition) is 5. The molecular formula is C16H15N3O2. The molecule has 0 saturated carbocycles. The number of nitriles is 1. The van der Waals surface area contributed by atoms with Gasteiger partial charge in [0.25, 0.3) is 0 Å². The van der Waals surface area contributed by atoms with Crippen molar-refractivity contribution in [3.63, 3.8) is 0 Å². The van der Waals surface area contributed by atoms with Crippen molar-refractivity contribution < 1.29 is 9.53 Å². The first kappa shape index (κ1) is 14.7. The van der Waals surface area contributed by atoms with E-state index in [9.17, 15) is 4.79 Å². The van der Waals surface area contributed by atoms with E-state index in [-0.39, 0.29) is 0 Å². The highest BCUT2D eigenvalue weighted by molar-refractivity contribution is 5.75. The molecule has 1 aromatic carbocycles. The Morgan fingerprint density at radius 3 is 2.48 bits per heavy atom. The van der Waals surface area contributed by atoms with Crippen molar-refractivity contribution in [3.8, 4) is 17.2 Å². The van der Waals surface area contributed by atoms with Gasteiger partial charge in [-0.1, -0.05) is 24.3 Å². The third-order valence-electron chi connectivity index (χ3n) is 3.12. The summed E-state index contributed by atoms with van der Waals surface area (Å²) in [7, 11) is 1.32. The molecule has 0 bridgehead atoms. The topological polar surface area (TPSA) is 89.0 Å². The van der Waals surface area contributed by atoms with Gasteiger partial charge in [-0.15, -0.1) is 0 Å². The predicted molar refractivity (Wildman–Crippen MR) is 78.1 cm³/mol. The molecule has 21 heavy (non-hydrogen) atoms. The van der Waals surface area contributed by atoms with Crippen LogP contribution in [0.25, 0.3) is 11.1 Å². The number of esters is 1. The average Bonchev–Trinajstić information content (AvgIpc) is 2.55. The van der Waals surface area contributed by atoms with Crippen molar-refractivity contribution in [2.45, 2.75) is 12.5 Å². The maximum Gasteiger partial charge on any atom is 0.322 e. The van der Waals surface area contributed by atoms with Gasteiger partial charge in [-0.2, -0.15) is 5.26 Å². The summed E-state index contributed by atoms with van der Waals surface area (Å²) in [6.07, 6.45) is 2.09. The van der Waals surface area contributed by atoms with E-state index < -0.39 is 12.0 Å². The number of nitrogens with zero attached hydrogens (tertiary/aromatic N) is 2. The second-order valence-electron chi connectivity index (χ2n) is 4.57. The first-order valence-corrected chi connectivity index (χ1v) is 6.43. The van der Waals surface area contributed by atoms with Crippen LogP contribution in [0, 0.1) is 11.3 Å². The van der Waals surface area contributed by atoms with Crippen LogP contribution in [-0.2, 0) is 16.0 Å². The van der Waals surface area contributed by atoms with E-state index in [1.807, 2.05) is 36.4 Å². The van der Waals surface area contributed by atoms with Gasteiger partial charge in [-0.25, -0.2) is 4.98 Å². The van der Waals surface area contributed by atoms with Gasteiger partial charge in [0.05, 0.1) is 7.11 Å². The first-order valence-electron chi connectivity index (χ1n) is 6.43. The minimum absolute atomic E-state index is 0.388. The SMILES string of the molecule is COC(=O)[C@@H](N)Cc1ccc(-c2ccc(C#N)nc2)cc1. The molecule has 1 atom stereocenters. The molecule has 1 aromatic heterocycles. The Kier molecular flexibility index (Phi) is 4.64. The zero-order chi connectivity index (χ0) is 15.2. The van der Waals surface area contributed by atoms with Crippen molar-refractivity contribution in [1.29, 1.82) is 5.26 Å². The number of benzene rings is 1. The van der Waals surface area contributed by atoms with Gasteiger partial charge >= 0.3 is 5.97 Å². The zero-order valence-electron chi connectivity index (χ0n) is 11.6. The molecule has 2 rings (SSSR count). The molecular weight excluding hydrogens is 266 g/mol. The molecule has 0 fully saturated rings. The number of carbonyl (C=O) groups is 1. The maximum absolute atomic E-state index is 11.3. The predicted octanol–water partition coefficient (Wildman–Crippen LogP) is 1.66. The molecule has 5 heteroatoms. The molecule has 0 aliphatic carbocycles. The second-order valence-corrected chi connectivity index (χ2v) is 4.57. The number of aromatic nitrogens is 1. The fourth-order valence-corrected chi connectivity index (χ4v) is 1.95. The van der Waals surface area contributed by atoms with E-state index in [2.05, 4.69) is 9.72 Å². The van der Waals surface area contributed by atoms with Crippen LogP contribution in [0.2, 0.25) is 0 Å². The summed E-state index contributed by atoms with van der Waals surface area (Å²) in [4.78, 5) is 15.3. The number of rotatable bonds is 4. The lowest BCUT2D eigenvalue weighted by Gasteiger charge is -2.09. The van der Waals surface area contributed by atoms with E-state index in [0.717, 1.165) is 16.7 Å². The van der Waals surface area contributed by atoms with Crippen molar-refractivity contribution in [3.05, 3.63) is 53.9 Å². The number of ether oxygens (including phenoxy) is 1. The second kappa shape index (κ2) is 6.64. The average molecular weight is 281 g/mol. The largest absolute Gasteiger partial charge is 0.468 e. The van der Waals surface area contributed by atoms with Gasteiger partial charge in [-0.3, -0.25) is 4.79 Å². The van der Waals surface area contributed by atoms with Crippen molar-refractivity contribution in [1.82, 2.24) is 4.98 Å². The monoisotopic (exact) mass is 281 g/mol. The number of hydrogen-bond donors (Lipinski definition) is 1. The Hall–Kier alpha value is -2.71. The number of carbonyl (C=O) groups excluding carboxylic acids is 1. The van der Waals surface area contributed by atoms with Gasteiger partial charge in [0, 0.05) is 11.8 Å². The van der Waals surface area contributed by atoms with Gasteiger partial charge in [0.15, 0.2) is 0 Å². The number of pyridine rings is 1. The highest BCUT2D eigenvalue weighted by atomic mass is 16.5. The Bertz CT molecular complexity index is 657. The Morgan fingerprint density at radius 1 is 1.29 bits per heavy atom. The van der Waals surface area contributed by atoms with Gasteiger partial charge in [-0.05, 0) is 29.7 Å². The minimum Gasteiger partial charge on any atom is -0.468 e. The van der Waals surface area contributed by atoms with Crippen LogP contribution in [0.3, 0.4) is 0 Å². The summed E-state index contributed by atoms with van der Waals surface area (Å²) in [6, 6.07) is 12.5. The van der Waals surface area contributed by atoms with E-state index in [1.165, 1.54) is 7.11 Å². The van der Waals surface area contributed by atoms with Crippen molar-refractivity contribution in [2.75, 3.05) is 7.11 Å². The molecule has 0 amide bonds. The lowest BCUT2D eigenvalue weighted by molar-refractivity contribution is -0.142. The van der Waals surface area contributed by atoms with Gasteiger partial charge in [0.1, 0.15) is 17.8 Å². The molecule has 1 heterocycles. The van der Waals surface area contributed by atoms with Crippen LogP contribution in [0.1, 0.15) is 11.3 Å². The van der Waals surface area contributed by atoms with Crippen LogP contribution in [0.5, 0.6) is 0 Å². The van der Waals surface area contributed by atoms with Crippen LogP contribution < -0.4 is 5.73 Å². The van der Waals surface area contributed by atoms with E-state index >= 15 is 0 Å². The van der Waals surface area contributed by atoms with Crippen LogP contribution in [0.4, 0.5) is 0 Å². The summed E-state index contributed by atoms with van der Waals surface area (Å²) < 4.78 is 4.60. The first-order chi connectivity index (χ1) is 10.1. The van der Waals surface area contributed by atoms with Crippen LogP contribution >= 0.6 is 0 Å². The maximum atomic E-state index is 11.3. The Labute approximate surface area is 123 Å². The van der Waals surface area contributed by atoms with E-state index in [1.54, 1.807) is 12.3 Å². The third-order valence-corrected chi connectivity index (χ3v) is 3.12. The standard InChI is InChI=1S/C16H15N3O2/c1-21-16(20)15(18)8-11-2-4-12(5-3-11)13-6-7-14(9-17)19-10-13/h2-7,10,15H,8,18H2,1H3/t15-/m0/s1. The number of nitrogens with two attached hydrogens (primary N) is 1. The third kappa shape index (κ3) is 3.65. The van der Waals surface area contributed by atoms with Gasteiger partial charge in [0.2, 0.25) is 0 Å². The fourth-order valence-electron chi connectivity index (χ4n) is 1.95. The molecule has 2 N–H and O–H groups in total. The summed E-state index contributed by atoms with van der Waals surface area (Å²) in [5, 5.41) is 8.72. The highest BCUT2D eigenvalue weighted by Gasteiger charge is 2.14. The van der Waals surface area contributed by atoms with E-state index in [0.29, 0.717) is 12.1 Å². The molecule has 2 aromatic rings. The lowest BCUT2D eigenvalue weighted by Crippen LogP contribution is -2.33. The molecule has 0 spiro atoms. The smallest absolute Gasteiger partial charge is 0.322 e. The molecule has 0 aliphatic rings. The molecule has 0 saturated heterocycles. The fraction of sp³-hybridized carbons (Fsp3) is 0.188. The van der Waals surface area contributed by atoms with Crippen LogP contribution in [0.15, 0.2) is 42.6 Å². The Balaban J connectivity index is 2.11. The van der Waals surface area contributed by atoms with Crippen molar-refractivity contribution >= 4 is 5.97 Å². The minimum atomic E-state index is -0.655. The number of methoxy groups -OCH3 is 1. The van der Waals surface area contributed by atoms with E-state index in [4.69, 9.17) is 11.0 Å². The van der Waals surface area contributed by atoms with Crippen molar-refractivity contribution in [2.24, 2.45) is 5.73 Å². The molecule has 5 nitrogen and oxygen atoms in total. The molecule has 0 radical (unpaired) electrons. The normalized spacial score (nSPS) is 11.5. The molecule has 0 unspecified atom stereocenters. The summed E-state index contributed by atoms with van der Waals surface area (Å²) in [5.41, 5.74) is 8.99. The summed E-state index contributed by atoms with van der Waals surface area (Å²) in [5.74, 6) is -0.421. The van der Waals surface area contributed by atoms with Gasteiger partial charge < -0.3 is 10.5 Å². The highest BCUT2D eigenvalue weighted by Crippen LogP contribution is 2.19. The molecule has 0 aliphatic heterocycles. The van der Waals surface area contributed by atoms with Crippen LogP contribution in [-0.4, -0.2) is 24.1 Å². The quantitative estimate of drug-likeness (QED) is 0.861. The Morgan fingerprint density at radius 2 is 1.95 bits per heavy atom. The lowest BCUT2D eigenvalue weighted by atomic mass is 10.0. The summed E-state index contributed by atoms with van der Waals surface area (Å²) in [6.45, 7) is 0.